The Bertz CT molecular complexity index is 1010. The van der Waals surface area contributed by atoms with Gasteiger partial charge in [-0.25, -0.2) is 18.4 Å². The lowest BCUT2D eigenvalue weighted by Crippen LogP contribution is -2.56. The molecule has 2 saturated heterocycles. The standard InChI is InChI=1S/C19H23N5O4S/c1-13(25)24-11-18(12-24)29(26,27)17-7-14(15-9-21-19(20)22-10-15)6-16(8-17)23-2-4-28-5-3-23/h6-10,18H,2-5,11-12H2,1H3,(H2,20,21,22). The predicted octanol–water partition coefficient (Wildman–Crippen LogP) is 0.567. The van der Waals surface area contributed by atoms with Crippen LogP contribution in [-0.4, -0.2) is 73.8 Å². The van der Waals surface area contributed by atoms with Crippen molar-refractivity contribution in [2.24, 2.45) is 0 Å². The lowest BCUT2D eigenvalue weighted by Gasteiger charge is -2.38. The van der Waals surface area contributed by atoms with E-state index in [2.05, 4.69) is 14.9 Å². The highest BCUT2D eigenvalue weighted by molar-refractivity contribution is 7.92. The van der Waals surface area contributed by atoms with Crippen molar-refractivity contribution >= 4 is 27.4 Å². The van der Waals surface area contributed by atoms with Crippen LogP contribution in [0.4, 0.5) is 11.6 Å². The van der Waals surface area contributed by atoms with Crippen LogP contribution in [-0.2, 0) is 19.4 Å². The van der Waals surface area contributed by atoms with Gasteiger partial charge in [0.25, 0.3) is 0 Å². The van der Waals surface area contributed by atoms with Crippen LogP contribution in [0.1, 0.15) is 6.92 Å². The van der Waals surface area contributed by atoms with Crippen LogP contribution in [0.5, 0.6) is 0 Å². The highest BCUT2D eigenvalue weighted by atomic mass is 32.2. The van der Waals surface area contributed by atoms with Crippen LogP contribution in [0.2, 0.25) is 0 Å². The molecule has 0 radical (unpaired) electrons. The quantitative estimate of drug-likeness (QED) is 0.767. The van der Waals surface area contributed by atoms with Crippen molar-refractivity contribution in [3.63, 3.8) is 0 Å². The molecule has 1 aromatic heterocycles. The lowest BCUT2D eigenvalue weighted by atomic mass is 10.1. The second kappa shape index (κ2) is 7.60. The summed E-state index contributed by atoms with van der Waals surface area (Å²) in [5.41, 5.74) is 7.78. The minimum absolute atomic E-state index is 0.113. The van der Waals surface area contributed by atoms with Gasteiger partial charge in [0.1, 0.15) is 5.25 Å². The smallest absolute Gasteiger partial charge is 0.219 e. The zero-order chi connectivity index (χ0) is 20.6. The van der Waals surface area contributed by atoms with Crippen molar-refractivity contribution in [1.29, 1.82) is 0 Å². The summed E-state index contributed by atoms with van der Waals surface area (Å²) in [5, 5.41) is -0.596. The number of benzene rings is 1. The molecular weight excluding hydrogens is 394 g/mol. The first kappa shape index (κ1) is 19.6. The molecule has 0 saturated carbocycles. The topological polar surface area (TPSA) is 119 Å². The van der Waals surface area contributed by atoms with E-state index < -0.39 is 15.1 Å². The van der Waals surface area contributed by atoms with Crippen LogP contribution in [0, 0.1) is 0 Å². The van der Waals surface area contributed by atoms with E-state index in [0.29, 0.717) is 37.4 Å². The third kappa shape index (κ3) is 3.90. The van der Waals surface area contributed by atoms with E-state index in [9.17, 15) is 13.2 Å². The van der Waals surface area contributed by atoms with E-state index >= 15 is 0 Å². The molecule has 0 atom stereocenters. The summed E-state index contributed by atoms with van der Waals surface area (Å²) in [6, 6.07) is 5.28. The van der Waals surface area contributed by atoms with Gasteiger partial charge in [-0.05, 0) is 23.8 Å². The number of anilines is 2. The summed E-state index contributed by atoms with van der Waals surface area (Å²) in [4.78, 5) is 23.4. The van der Waals surface area contributed by atoms with E-state index in [-0.39, 0.29) is 29.8 Å². The molecule has 2 aromatic rings. The molecule has 3 heterocycles. The molecule has 1 amide bonds. The summed E-state index contributed by atoms with van der Waals surface area (Å²) in [5.74, 6) is 0.0444. The maximum absolute atomic E-state index is 13.2. The molecule has 0 bridgehead atoms. The average molecular weight is 417 g/mol. The average Bonchev–Trinajstić information content (AvgIpc) is 2.67. The number of likely N-dealkylation sites (tertiary alicyclic amines) is 1. The number of nitrogens with two attached hydrogens (primary N) is 1. The zero-order valence-electron chi connectivity index (χ0n) is 16.1. The van der Waals surface area contributed by atoms with Crippen LogP contribution >= 0.6 is 0 Å². The summed E-state index contributed by atoms with van der Waals surface area (Å²) < 4.78 is 31.9. The van der Waals surface area contributed by atoms with Crippen LogP contribution in [0.3, 0.4) is 0 Å². The fraction of sp³-hybridized carbons (Fsp3) is 0.421. The van der Waals surface area contributed by atoms with E-state index in [4.69, 9.17) is 10.5 Å². The van der Waals surface area contributed by atoms with Crippen molar-refractivity contribution in [3.8, 4) is 11.1 Å². The second-order valence-corrected chi connectivity index (χ2v) is 9.46. The maximum Gasteiger partial charge on any atom is 0.219 e. The normalized spacial score (nSPS) is 17.8. The summed E-state index contributed by atoms with van der Waals surface area (Å²) in [6.07, 6.45) is 3.16. The van der Waals surface area contributed by atoms with Crippen molar-refractivity contribution in [3.05, 3.63) is 30.6 Å². The largest absolute Gasteiger partial charge is 0.378 e. The number of nitrogen functional groups attached to an aromatic ring is 1. The molecule has 4 rings (SSSR count). The molecule has 2 aliphatic heterocycles. The van der Waals surface area contributed by atoms with E-state index in [1.165, 1.54) is 11.8 Å². The Morgan fingerprint density at radius 2 is 1.76 bits per heavy atom. The van der Waals surface area contributed by atoms with Gasteiger partial charge >= 0.3 is 0 Å². The van der Waals surface area contributed by atoms with Gasteiger partial charge in [-0.1, -0.05) is 0 Å². The number of aromatic nitrogens is 2. The monoisotopic (exact) mass is 417 g/mol. The Morgan fingerprint density at radius 1 is 1.10 bits per heavy atom. The Balaban J connectivity index is 1.73. The van der Waals surface area contributed by atoms with Crippen molar-refractivity contribution in [2.75, 3.05) is 50.0 Å². The Kier molecular flexibility index (Phi) is 5.13. The number of hydrogen-bond donors (Lipinski definition) is 1. The molecule has 29 heavy (non-hydrogen) atoms. The first-order valence-corrected chi connectivity index (χ1v) is 10.9. The maximum atomic E-state index is 13.2. The molecule has 2 fully saturated rings. The number of carbonyl (C=O) groups excluding carboxylic acids is 1. The van der Waals surface area contributed by atoms with Crippen molar-refractivity contribution in [2.45, 2.75) is 17.1 Å². The fourth-order valence-corrected chi connectivity index (χ4v) is 5.20. The molecule has 9 nitrogen and oxygen atoms in total. The summed E-state index contributed by atoms with van der Waals surface area (Å²) >= 11 is 0. The Labute approximate surface area is 169 Å². The van der Waals surface area contributed by atoms with Crippen LogP contribution in [0.25, 0.3) is 11.1 Å². The first-order chi connectivity index (χ1) is 13.8. The second-order valence-electron chi connectivity index (χ2n) is 7.24. The van der Waals surface area contributed by atoms with E-state index in [1.54, 1.807) is 24.5 Å². The number of ether oxygens (including phenoxy) is 1. The molecule has 0 unspecified atom stereocenters. The van der Waals surface area contributed by atoms with Gasteiger partial charge in [0.05, 0.1) is 18.1 Å². The highest BCUT2D eigenvalue weighted by Crippen LogP contribution is 2.32. The molecule has 10 heteroatoms. The van der Waals surface area contributed by atoms with Gasteiger partial charge in [-0.15, -0.1) is 0 Å². The van der Waals surface area contributed by atoms with Gasteiger partial charge in [-0.3, -0.25) is 4.79 Å². The molecule has 1 aromatic carbocycles. The van der Waals surface area contributed by atoms with Crippen molar-refractivity contribution in [1.82, 2.24) is 14.9 Å². The van der Waals surface area contributed by atoms with Gasteiger partial charge < -0.3 is 20.3 Å². The molecule has 2 N–H and O–H groups in total. The number of hydrogen-bond acceptors (Lipinski definition) is 8. The molecule has 0 spiro atoms. The molecular formula is C19H23N5O4S. The van der Waals surface area contributed by atoms with Crippen LogP contribution in [0.15, 0.2) is 35.5 Å². The molecule has 0 aliphatic carbocycles. The minimum Gasteiger partial charge on any atom is -0.378 e. The minimum atomic E-state index is -3.59. The van der Waals surface area contributed by atoms with Gasteiger partial charge in [-0.2, -0.15) is 0 Å². The van der Waals surface area contributed by atoms with Gasteiger partial charge in [0, 0.05) is 56.7 Å². The highest BCUT2D eigenvalue weighted by Gasteiger charge is 2.39. The SMILES string of the molecule is CC(=O)N1CC(S(=O)(=O)c2cc(-c3cnc(N)nc3)cc(N3CCOCC3)c2)C1. The Hall–Kier alpha value is -2.72. The Morgan fingerprint density at radius 3 is 2.38 bits per heavy atom. The lowest BCUT2D eigenvalue weighted by molar-refractivity contribution is -0.131. The number of nitrogens with zero attached hydrogens (tertiary/aromatic N) is 4. The number of carbonyl (C=O) groups is 1. The first-order valence-electron chi connectivity index (χ1n) is 9.39. The van der Waals surface area contributed by atoms with Gasteiger partial charge in [0.2, 0.25) is 11.9 Å². The number of sulfone groups is 1. The van der Waals surface area contributed by atoms with Crippen molar-refractivity contribution < 1.29 is 17.9 Å². The van der Waals surface area contributed by atoms with E-state index in [0.717, 1.165) is 5.69 Å². The summed E-state index contributed by atoms with van der Waals surface area (Å²) in [7, 11) is -3.59. The third-order valence-corrected chi connectivity index (χ3v) is 7.40. The van der Waals surface area contributed by atoms with Gasteiger partial charge in [0.15, 0.2) is 9.84 Å². The van der Waals surface area contributed by atoms with Crippen LogP contribution < -0.4 is 10.6 Å². The number of amides is 1. The predicted molar refractivity (Wildman–Crippen MR) is 108 cm³/mol. The zero-order valence-corrected chi connectivity index (χ0v) is 16.9. The molecule has 154 valence electrons. The summed E-state index contributed by atoms with van der Waals surface area (Å²) in [6.45, 7) is 4.44. The number of rotatable bonds is 4. The molecule has 2 aliphatic rings. The fourth-order valence-electron chi connectivity index (χ4n) is 3.49. The number of morpholine rings is 1. The third-order valence-electron chi connectivity index (χ3n) is 5.33. The van der Waals surface area contributed by atoms with E-state index in [1.807, 2.05) is 6.07 Å².